The second-order valence-electron chi connectivity index (χ2n) is 6.26. The zero-order valence-corrected chi connectivity index (χ0v) is 15.7. The number of anilines is 1. The van der Waals surface area contributed by atoms with Gasteiger partial charge in [-0.3, -0.25) is 4.99 Å². The Balaban J connectivity index is 1.73. The molecule has 0 amide bonds. The van der Waals surface area contributed by atoms with E-state index in [0.717, 1.165) is 16.9 Å². The van der Waals surface area contributed by atoms with Gasteiger partial charge in [0.25, 0.3) is 11.8 Å². The van der Waals surface area contributed by atoms with Gasteiger partial charge in [-0.1, -0.05) is 16.7 Å². The molecule has 0 aromatic heterocycles. The van der Waals surface area contributed by atoms with Gasteiger partial charge in [-0.25, -0.2) is 0 Å². The highest BCUT2D eigenvalue weighted by Crippen LogP contribution is 2.32. The van der Waals surface area contributed by atoms with Gasteiger partial charge >= 0.3 is 0 Å². The predicted octanol–water partition coefficient (Wildman–Crippen LogP) is 2.82. The molecular formula is C20H21N6O2+. The largest absolute Gasteiger partial charge is 0.497 e. The molecule has 2 aromatic carbocycles. The van der Waals surface area contributed by atoms with Crippen molar-refractivity contribution in [3.8, 4) is 11.5 Å². The molecule has 142 valence electrons. The number of quaternary nitrogens is 1. The maximum atomic E-state index is 5.81. The third-order valence-electron chi connectivity index (χ3n) is 4.53. The lowest BCUT2D eigenvalue weighted by atomic mass is 10.2. The van der Waals surface area contributed by atoms with E-state index in [4.69, 9.17) is 20.3 Å². The van der Waals surface area contributed by atoms with Crippen LogP contribution in [0, 0.1) is 0 Å². The lowest BCUT2D eigenvalue weighted by molar-refractivity contribution is 0.395. The van der Waals surface area contributed by atoms with Gasteiger partial charge in [-0.15, -0.1) is 0 Å². The Morgan fingerprint density at radius 3 is 2.57 bits per heavy atom. The normalized spacial score (nSPS) is 19.7. The number of nitrogens with one attached hydrogen (secondary N) is 1. The molecule has 2 aliphatic rings. The molecule has 0 spiro atoms. The number of ether oxygens (including phenoxy) is 2. The standard InChI is InChI=1S/C20H21N6O2/c1-27-17-9-15(10-18(11-17)28-2)23-20-24-19-13-22-6-7-26(19,25-20)16-5-3-4-14(8-16)12-21/h3-11,13H,12,21H2,1-2H3,(H,23,25)/q+1. The van der Waals surface area contributed by atoms with E-state index in [9.17, 15) is 0 Å². The highest BCUT2D eigenvalue weighted by atomic mass is 16.5. The number of benzene rings is 2. The van der Waals surface area contributed by atoms with E-state index in [2.05, 4.69) is 15.3 Å². The van der Waals surface area contributed by atoms with Crippen LogP contribution in [0.3, 0.4) is 0 Å². The molecular weight excluding hydrogens is 356 g/mol. The lowest BCUT2D eigenvalue weighted by Crippen LogP contribution is -2.44. The molecule has 8 heteroatoms. The number of guanidine groups is 1. The predicted molar refractivity (Wildman–Crippen MR) is 112 cm³/mol. The summed E-state index contributed by atoms with van der Waals surface area (Å²) in [6.45, 7) is 0.455. The monoisotopic (exact) mass is 377 g/mol. The molecule has 1 atom stereocenters. The van der Waals surface area contributed by atoms with E-state index in [0.29, 0.717) is 29.8 Å². The van der Waals surface area contributed by atoms with Crippen molar-refractivity contribution in [1.82, 2.24) is 4.59 Å². The first-order valence-electron chi connectivity index (χ1n) is 8.75. The summed E-state index contributed by atoms with van der Waals surface area (Å²) in [5.41, 5.74) is 8.53. The Morgan fingerprint density at radius 2 is 1.86 bits per heavy atom. The van der Waals surface area contributed by atoms with Crippen molar-refractivity contribution in [3.05, 3.63) is 60.4 Å². The molecule has 28 heavy (non-hydrogen) atoms. The topological polar surface area (TPSA) is 93.6 Å². The van der Waals surface area contributed by atoms with Gasteiger partial charge in [0, 0.05) is 42.6 Å². The van der Waals surface area contributed by atoms with Crippen LogP contribution < -0.4 is 25.1 Å². The highest BCUT2D eigenvalue weighted by Gasteiger charge is 2.42. The van der Waals surface area contributed by atoms with E-state index >= 15 is 0 Å². The van der Waals surface area contributed by atoms with Crippen molar-refractivity contribution in [2.45, 2.75) is 6.54 Å². The third kappa shape index (κ3) is 3.15. The second kappa shape index (κ2) is 7.26. The van der Waals surface area contributed by atoms with Crippen molar-refractivity contribution in [3.63, 3.8) is 0 Å². The van der Waals surface area contributed by atoms with Gasteiger partial charge in [0.2, 0.25) is 0 Å². The van der Waals surface area contributed by atoms with E-state index in [1.54, 1.807) is 32.7 Å². The number of hydrogen-bond donors (Lipinski definition) is 2. The second-order valence-corrected chi connectivity index (χ2v) is 6.26. The minimum Gasteiger partial charge on any atom is -0.497 e. The average Bonchev–Trinajstić information content (AvgIpc) is 3.12. The molecule has 2 aliphatic heterocycles. The molecule has 0 bridgehead atoms. The molecule has 2 aromatic rings. The molecule has 4 rings (SSSR count). The Kier molecular flexibility index (Phi) is 4.64. The lowest BCUT2D eigenvalue weighted by Gasteiger charge is -2.24. The Labute approximate surface area is 162 Å². The number of hydrogen-bond acceptors (Lipinski definition) is 7. The summed E-state index contributed by atoms with van der Waals surface area (Å²) in [6, 6.07) is 13.5. The molecule has 0 radical (unpaired) electrons. The van der Waals surface area contributed by atoms with Crippen LogP contribution in [0.2, 0.25) is 0 Å². The minimum atomic E-state index is 0.0980. The van der Waals surface area contributed by atoms with Crippen LogP contribution in [0.15, 0.2) is 70.0 Å². The molecule has 0 saturated carbocycles. The van der Waals surface area contributed by atoms with Crippen LogP contribution >= 0.6 is 0 Å². The van der Waals surface area contributed by atoms with Crippen LogP contribution in [0.5, 0.6) is 11.5 Å². The van der Waals surface area contributed by atoms with Gasteiger partial charge < -0.3 is 20.5 Å². The number of nitrogens with two attached hydrogens (primary N) is 1. The fourth-order valence-electron chi connectivity index (χ4n) is 3.11. The van der Waals surface area contributed by atoms with E-state index < -0.39 is 0 Å². The van der Waals surface area contributed by atoms with Crippen LogP contribution in [0.25, 0.3) is 0 Å². The Morgan fingerprint density at radius 1 is 1.07 bits per heavy atom. The van der Waals surface area contributed by atoms with E-state index in [1.807, 2.05) is 42.6 Å². The summed E-state index contributed by atoms with van der Waals surface area (Å²) in [5, 5.41) is 8.07. The van der Waals surface area contributed by atoms with Crippen LogP contribution in [-0.4, -0.2) is 32.2 Å². The van der Waals surface area contributed by atoms with E-state index in [-0.39, 0.29) is 4.59 Å². The van der Waals surface area contributed by atoms with Crippen molar-refractivity contribution in [2.24, 2.45) is 20.8 Å². The summed E-state index contributed by atoms with van der Waals surface area (Å²) < 4.78 is 10.8. The zero-order chi connectivity index (χ0) is 19.6. The molecule has 0 fully saturated rings. The fourth-order valence-corrected chi connectivity index (χ4v) is 3.11. The maximum absolute atomic E-state index is 5.81. The number of aliphatic imine (C=N–C) groups is 2. The number of nitrogens with zero attached hydrogens (tertiary/aromatic N) is 4. The number of amidine groups is 1. The molecule has 2 heterocycles. The number of fused-ring (bicyclic) bond motifs is 1. The van der Waals surface area contributed by atoms with Gasteiger partial charge in [0.1, 0.15) is 17.7 Å². The Hall–Kier alpha value is -3.49. The van der Waals surface area contributed by atoms with Gasteiger partial charge in [0.05, 0.1) is 20.4 Å². The smallest absolute Gasteiger partial charge is 0.287 e. The first kappa shape index (κ1) is 17.9. The van der Waals surface area contributed by atoms with Crippen LogP contribution in [0.1, 0.15) is 5.56 Å². The van der Waals surface area contributed by atoms with Crippen molar-refractivity contribution >= 4 is 29.4 Å². The van der Waals surface area contributed by atoms with Crippen LogP contribution in [-0.2, 0) is 6.54 Å². The fraction of sp³-hybridized carbons (Fsp3) is 0.150. The molecule has 3 N–H and O–H groups in total. The first-order chi connectivity index (χ1) is 13.7. The molecule has 0 aliphatic carbocycles. The van der Waals surface area contributed by atoms with Gasteiger partial charge in [-0.05, 0) is 10.7 Å². The number of rotatable bonds is 5. The van der Waals surface area contributed by atoms with E-state index in [1.165, 1.54) is 0 Å². The zero-order valence-electron chi connectivity index (χ0n) is 15.7. The van der Waals surface area contributed by atoms with Crippen LogP contribution in [0.4, 0.5) is 11.4 Å². The summed E-state index contributed by atoms with van der Waals surface area (Å²) in [7, 11) is 3.22. The SMILES string of the molecule is COc1cc(NC2=N[N+]3(c4cccc(CN)c4)C=CN=CC3=N2)cc(OC)c1. The summed E-state index contributed by atoms with van der Waals surface area (Å²) >= 11 is 0. The Bertz CT molecular complexity index is 1000. The summed E-state index contributed by atoms with van der Waals surface area (Å²) in [4.78, 5) is 8.85. The minimum absolute atomic E-state index is 0.0980. The molecule has 8 nitrogen and oxygen atoms in total. The third-order valence-corrected chi connectivity index (χ3v) is 4.53. The average molecular weight is 377 g/mol. The summed E-state index contributed by atoms with van der Waals surface area (Å²) in [5.74, 6) is 2.49. The van der Waals surface area contributed by atoms with Crippen molar-refractivity contribution in [2.75, 3.05) is 19.5 Å². The van der Waals surface area contributed by atoms with Gasteiger partial charge in [-0.2, -0.15) is 4.99 Å². The summed E-state index contributed by atoms with van der Waals surface area (Å²) in [6.07, 6.45) is 5.31. The maximum Gasteiger partial charge on any atom is 0.287 e. The first-order valence-corrected chi connectivity index (χ1v) is 8.75. The van der Waals surface area contributed by atoms with Gasteiger partial charge in [0.15, 0.2) is 11.9 Å². The molecule has 1 unspecified atom stereocenters. The number of methoxy groups -OCH3 is 2. The quantitative estimate of drug-likeness (QED) is 0.784. The molecule has 0 saturated heterocycles. The highest BCUT2D eigenvalue weighted by molar-refractivity contribution is 6.38. The van der Waals surface area contributed by atoms with Crippen molar-refractivity contribution < 1.29 is 9.47 Å². The van der Waals surface area contributed by atoms with Crippen molar-refractivity contribution in [1.29, 1.82) is 0 Å².